The Hall–Kier alpha value is -0.0700. The Bertz CT molecular complexity index is 242. The first-order chi connectivity index (χ1) is 6.38. The van der Waals surface area contributed by atoms with Gasteiger partial charge in [-0.1, -0.05) is 29.8 Å². The molecule has 0 aromatic carbocycles. The monoisotopic (exact) mass is 258 g/mol. The van der Waals surface area contributed by atoms with Crippen LogP contribution in [0.5, 0.6) is 0 Å². The molecule has 1 heterocycles. The normalized spacial score (nSPS) is 32.9. The fraction of sp³-hybridized carbons (Fsp3) is 0.909. The molecule has 0 aromatic heterocycles. The number of likely N-dealkylation sites (tertiary alicyclic amines) is 1. The first-order valence-electron chi connectivity index (χ1n) is 5.18. The highest BCUT2D eigenvalue weighted by Crippen LogP contribution is 2.38. The van der Waals surface area contributed by atoms with Gasteiger partial charge in [0, 0.05) is 17.4 Å². The van der Waals surface area contributed by atoms with Crippen molar-refractivity contribution in [2.75, 3.05) is 6.54 Å². The summed E-state index contributed by atoms with van der Waals surface area (Å²) >= 11 is 3.68. The van der Waals surface area contributed by atoms with Crippen molar-refractivity contribution in [3.8, 4) is 6.07 Å². The van der Waals surface area contributed by atoms with Crippen LogP contribution in [0.25, 0.3) is 0 Å². The Kier molecular flexibility index (Phi) is 3.60. The molecule has 2 nitrogen and oxygen atoms in total. The Morgan fingerprint density at radius 1 is 1.50 bits per heavy atom. The molecule has 0 unspecified atom stereocenters. The van der Waals surface area contributed by atoms with Crippen molar-refractivity contribution < 1.29 is 0 Å². The summed E-state index contributed by atoms with van der Waals surface area (Å²) in [7, 11) is 0. The molecule has 1 fully saturated rings. The lowest BCUT2D eigenvalue weighted by molar-refractivity contribution is 0.0536. The van der Waals surface area contributed by atoms with E-state index in [9.17, 15) is 5.26 Å². The molecule has 14 heavy (non-hydrogen) atoms. The lowest BCUT2D eigenvalue weighted by Crippen LogP contribution is -2.55. The van der Waals surface area contributed by atoms with Crippen LogP contribution < -0.4 is 0 Å². The lowest BCUT2D eigenvalue weighted by Gasteiger charge is -2.46. The van der Waals surface area contributed by atoms with E-state index in [-0.39, 0.29) is 11.5 Å². The highest BCUT2D eigenvalue weighted by atomic mass is 79.9. The van der Waals surface area contributed by atoms with Crippen LogP contribution in [-0.4, -0.2) is 28.4 Å². The van der Waals surface area contributed by atoms with Crippen LogP contribution in [0.1, 0.15) is 34.1 Å². The molecule has 0 saturated carbocycles. The van der Waals surface area contributed by atoms with Crippen LogP contribution in [0.3, 0.4) is 0 Å². The molecule has 0 radical (unpaired) electrons. The van der Waals surface area contributed by atoms with E-state index in [1.807, 2.05) is 0 Å². The first kappa shape index (κ1) is 12.0. The van der Waals surface area contributed by atoms with E-state index in [1.165, 1.54) is 0 Å². The third-order valence-electron chi connectivity index (χ3n) is 3.01. The third-order valence-corrected chi connectivity index (χ3v) is 3.63. The van der Waals surface area contributed by atoms with E-state index < -0.39 is 0 Å². The molecule has 80 valence electrons. The topological polar surface area (TPSA) is 27.0 Å². The molecule has 0 aromatic rings. The maximum absolute atomic E-state index is 9.23. The number of hydrogen-bond acceptors (Lipinski definition) is 2. The maximum Gasteiger partial charge on any atom is 0.103 e. The molecule has 0 amide bonds. The van der Waals surface area contributed by atoms with Gasteiger partial charge in [0.1, 0.15) is 6.04 Å². The van der Waals surface area contributed by atoms with Crippen molar-refractivity contribution in [1.29, 1.82) is 5.26 Å². The smallest absolute Gasteiger partial charge is 0.103 e. The predicted molar refractivity (Wildman–Crippen MR) is 62.4 cm³/mol. The lowest BCUT2D eigenvalue weighted by atomic mass is 9.76. The molecule has 3 heteroatoms. The van der Waals surface area contributed by atoms with Crippen molar-refractivity contribution in [1.82, 2.24) is 4.90 Å². The number of piperidine rings is 1. The Morgan fingerprint density at radius 2 is 2.07 bits per heavy atom. The van der Waals surface area contributed by atoms with Crippen LogP contribution in [0.2, 0.25) is 0 Å². The minimum absolute atomic E-state index is 0.0521. The highest BCUT2D eigenvalue weighted by Gasteiger charge is 2.41. The molecular formula is C11H19BrN2. The number of nitriles is 1. The van der Waals surface area contributed by atoms with Crippen molar-refractivity contribution >= 4 is 15.9 Å². The number of rotatable bonds is 1. The van der Waals surface area contributed by atoms with Crippen LogP contribution in [0.4, 0.5) is 0 Å². The molecule has 1 rings (SSSR count). The fourth-order valence-corrected chi connectivity index (χ4v) is 3.46. The molecule has 1 aliphatic rings. The quantitative estimate of drug-likeness (QED) is 0.677. The third kappa shape index (κ3) is 2.29. The zero-order chi connectivity index (χ0) is 10.9. The average molecular weight is 259 g/mol. The molecule has 0 bridgehead atoms. The number of nitrogens with zero attached hydrogens (tertiary/aromatic N) is 2. The standard InChI is InChI=1S/C11H19BrN2/c1-8(2)14-7-9(12)5-11(3,4)10(14)6-13/h8-10H,5,7H2,1-4H3/t9-,10-/m0/s1. The van der Waals surface area contributed by atoms with Gasteiger partial charge >= 0.3 is 0 Å². The second-order valence-electron chi connectivity index (χ2n) is 5.11. The summed E-state index contributed by atoms with van der Waals surface area (Å²) in [5.41, 5.74) is 0.0887. The van der Waals surface area contributed by atoms with Crippen LogP contribution >= 0.6 is 15.9 Å². The van der Waals surface area contributed by atoms with Crippen LogP contribution in [-0.2, 0) is 0 Å². The van der Waals surface area contributed by atoms with E-state index in [0.717, 1.165) is 13.0 Å². The molecule has 1 aliphatic heterocycles. The molecule has 2 atom stereocenters. The first-order valence-corrected chi connectivity index (χ1v) is 6.09. The van der Waals surface area contributed by atoms with Gasteiger partial charge in [-0.05, 0) is 25.7 Å². The summed E-state index contributed by atoms with van der Waals surface area (Å²) in [6.07, 6.45) is 1.08. The number of halogens is 1. The number of hydrogen-bond donors (Lipinski definition) is 0. The Balaban J connectivity index is 2.89. The SMILES string of the molecule is CC(C)N1C[C@@H](Br)CC(C)(C)[C@@H]1C#N. The van der Waals surface area contributed by atoms with Gasteiger partial charge in [0.2, 0.25) is 0 Å². The summed E-state index contributed by atoms with van der Waals surface area (Å²) in [5, 5.41) is 9.23. The van der Waals surface area contributed by atoms with E-state index >= 15 is 0 Å². The fourth-order valence-electron chi connectivity index (χ4n) is 2.29. The summed E-state index contributed by atoms with van der Waals surface area (Å²) < 4.78 is 0. The van der Waals surface area contributed by atoms with Crippen LogP contribution in [0.15, 0.2) is 0 Å². The number of alkyl halides is 1. The summed E-state index contributed by atoms with van der Waals surface area (Å²) in [5.74, 6) is 0. The van der Waals surface area contributed by atoms with E-state index in [2.05, 4.69) is 54.6 Å². The minimum atomic E-state index is 0.0521. The molecule has 0 spiro atoms. The van der Waals surface area contributed by atoms with Crippen LogP contribution in [0, 0.1) is 16.7 Å². The van der Waals surface area contributed by atoms with Gasteiger partial charge in [0.15, 0.2) is 0 Å². The summed E-state index contributed by atoms with van der Waals surface area (Å²) in [4.78, 5) is 2.81. The zero-order valence-corrected chi connectivity index (χ0v) is 11.0. The second-order valence-corrected chi connectivity index (χ2v) is 6.41. The van der Waals surface area contributed by atoms with Gasteiger partial charge in [0.25, 0.3) is 0 Å². The zero-order valence-electron chi connectivity index (χ0n) is 9.42. The average Bonchev–Trinajstić information content (AvgIpc) is 2.00. The van der Waals surface area contributed by atoms with Gasteiger partial charge in [-0.25, -0.2) is 0 Å². The predicted octanol–water partition coefficient (Wildman–Crippen LogP) is 2.78. The van der Waals surface area contributed by atoms with Crippen molar-refractivity contribution in [2.24, 2.45) is 5.41 Å². The molecule has 0 aliphatic carbocycles. The molecular weight excluding hydrogens is 240 g/mol. The molecule has 0 N–H and O–H groups in total. The summed E-state index contributed by atoms with van der Waals surface area (Å²) in [6, 6.07) is 2.95. The largest absolute Gasteiger partial charge is 0.284 e. The second kappa shape index (κ2) is 4.20. The minimum Gasteiger partial charge on any atom is -0.284 e. The Labute approximate surface area is 95.4 Å². The van der Waals surface area contributed by atoms with E-state index in [0.29, 0.717) is 10.9 Å². The van der Waals surface area contributed by atoms with Crippen molar-refractivity contribution in [2.45, 2.75) is 51.0 Å². The highest BCUT2D eigenvalue weighted by molar-refractivity contribution is 9.09. The molecule has 1 saturated heterocycles. The van der Waals surface area contributed by atoms with Gasteiger partial charge in [-0.15, -0.1) is 0 Å². The van der Waals surface area contributed by atoms with Gasteiger partial charge in [-0.3, -0.25) is 4.90 Å². The van der Waals surface area contributed by atoms with Crippen molar-refractivity contribution in [3.05, 3.63) is 0 Å². The van der Waals surface area contributed by atoms with Gasteiger partial charge < -0.3 is 0 Å². The summed E-state index contributed by atoms with van der Waals surface area (Å²) in [6.45, 7) is 9.67. The van der Waals surface area contributed by atoms with E-state index in [4.69, 9.17) is 0 Å². The van der Waals surface area contributed by atoms with E-state index in [1.54, 1.807) is 0 Å². The van der Waals surface area contributed by atoms with Gasteiger partial charge in [-0.2, -0.15) is 5.26 Å². The van der Waals surface area contributed by atoms with Gasteiger partial charge in [0.05, 0.1) is 6.07 Å². The maximum atomic E-state index is 9.23. The Morgan fingerprint density at radius 3 is 2.50 bits per heavy atom. The van der Waals surface area contributed by atoms with Crippen molar-refractivity contribution in [3.63, 3.8) is 0 Å².